The van der Waals surface area contributed by atoms with Crippen LogP contribution in [0.3, 0.4) is 0 Å². The van der Waals surface area contributed by atoms with Crippen LogP contribution in [0, 0.1) is 0 Å². The van der Waals surface area contributed by atoms with Crippen LogP contribution >= 0.6 is 12.4 Å². The maximum absolute atomic E-state index is 11.2. The lowest BCUT2D eigenvalue weighted by Crippen LogP contribution is -2.07. The number of hydrogen-bond donors (Lipinski definition) is 1. The lowest BCUT2D eigenvalue weighted by molar-refractivity contribution is -0.142. The van der Waals surface area contributed by atoms with Crippen LogP contribution in [-0.4, -0.2) is 19.1 Å². The van der Waals surface area contributed by atoms with Gasteiger partial charge in [0.15, 0.2) is 0 Å². The zero-order valence-corrected chi connectivity index (χ0v) is 11.0. The van der Waals surface area contributed by atoms with Gasteiger partial charge in [-0.3, -0.25) is 4.79 Å². The Balaban J connectivity index is 0.00000256. The number of esters is 1. The number of hydrogen-bond acceptors (Lipinski definition) is 3. The maximum Gasteiger partial charge on any atom is 0.310 e. The SMILES string of the molecule is CCOC(=O)Cc1ccc(CCCN)cc1.Cl. The predicted octanol–water partition coefficient (Wildman–Crippen LogP) is 2.11. The summed E-state index contributed by atoms with van der Waals surface area (Å²) in [6.07, 6.45) is 2.35. The second-order valence-electron chi connectivity index (χ2n) is 3.69. The summed E-state index contributed by atoms with van der Waals surface area (Å²) in [5.74, 6) is -0.169. The first kappa shape index (κ1) is 15.9. The summed E-state index contributed by atoms with van der Waals surface area (Å²) >= 11 is 0. The number of halogens is 1. The molecule has 17 heavy (non-hydrogen) atoms. The highest BCUT2D eigenvalue weighted by Crippen LogP contribution is 2.07. The first-order chi connectivity index (χ1) is 7.76. The van der Waals surface area contributed by atoms with Crippen molar-refractivity contribution >= 4 is 18.4 Å². The molecule has 0 amide bonds. The molecule has 0 fully saturated rings. The summed E-state index contributed by atoms with van der Waals surface area (Å²) in [5, 5.41) is 0. The third-order valence-electron chi connectivity index (χ3n) is 2.35. The highest BCUT2D eigenvalue weighted by molar-refractivity contribution is 5.85. The predicted molar refractivity (Wildman–Crippen MR) is 71.4 cm³/mol. The van der Waals surface area contributed by atoms with Gasteiger partial charge in [-0.1, -0.05) is 24.3 Å². The molecule has 96 valence electrons. The largest absolute Gasteiger partial charge is 0.466 e. The smallest absolute Gasteiger partial charge is 0.310 e. The molecule has 0 heterocycles. The van der Waals surface area contributed by atoms with E-state index < -0.39 is 0 Å². The molecule has 0 aliphatic heterocycles. The van der Waals surface area contributed by atoms with Crippen LogP contribution in [0.5, 0.6) is 0 Å². The molecule has 2 N–H and O–H groups in total. The Labute approximate surface area is 109 Å². The number of rotatable bonds is 6. The summed E-state index contributed by atoms with van der Waals surface area (Å²) in [7, 11) is 0. The van der Waals surface area contributed by atoms with E-state index in [-0.39, 0.29) is 18.4 Å². The number of nitrogens with two attached hydrogens (primary N) is 1. The van der Waals surface area contributed by atoms with E-state index in [0.717, 1.165) is 18.4 Å². The Hall–Kier alpha value is -1.06. The Morgan fingerprint density at radius 3 is 2.35 bits per heavy atom. The monoisotopic (exact) mass is 257 g/mol. The molecule has 1 aromatic rings. The fourth-order valence-electron chi connectivity index (χ4n) is 1.51. The van der Waals surface area contributed by atoms with E-state index in [1.165, 1.54) is 5.56 Å². The molecule has 0 radical (unpaired) electrons. The first-order valence-corrected chi connectivity index (χ1v) is 5.69. The molecule has 0 saturated heterocycles. The molecule has 1 aromatic carbocycles. The van der Waals surface area contributed by atoms with Gasteiger partial charge in [-0.15, -0.1) is 12.4 Å². The van der Waals surface area contributed by atoms with Gasteiger partial charge >= 0.3 is 5.97 Å². The molecule has 0 atom stereocenters. The van der Waals surface area contributed by atoms with Crippen LogP contribution in [0.2, 0.25) is 0 Å². The Bertz CT molecular complexity index is 325. The average molecular weight is 258 g/mol. The van der Waals surface area contributed by atoms with Crippen molar-refractivity contribution in [1.82, 2.24) is 0 Å². The van der Waals surface area contributed by atoms with Crippen molar-refractivity contribution in [2.75, 3.05) is 13.2 Å². The highest BCUT2D eigenvalue weighted by Gasteiger charge is 2.03. The Morgan fingerprint density at radius 2 is 1.82 bits per heavy atom. The van der Waals surface area contributed by atoms with Crippen molar-refractivity contribution in [1.29, 1.82) is 0 Å². The lowest BCUT2D eigenvalue weighted by Gasteiger charge is -2.04. The standard InChI is InChI=1S/C13H19NO2.ClH/c1-2-16-13(15)10-12-7-5-11(6-8-12)4-3-9-14;/h5-8H,2-4,9-10,14H2,1H3;1H. The number of carbonyl (C=O) groups excluding carboxylic acids is 1. The van der Waals surface area contributed by atoms with Gasteiger partial charge in [-0.25, -0.2) is 0 Å². The van der Waals surface area contributed by atoms with Crippen LogP contribution < -0.4 is 5.73 Å². The molecule has 0 bridgehead atoms. The van der Waals surface area contributed by atoms with Crippen LogP contribution in [0.1, 0.15) is 24.5 Å². The number of benzene rings is 1. The number of aryl methyl sites for hydroxylation is 1. The van der Waals surface area contributed by atoms with Crippen LogP contribution in [0.25, 0.3) is 0 Å². The van der Waals surface area contributed by atoms with Gasteiger partial charge in [-0.2, -0.15) is 0 Å². The van der Waals surface area contributed by atoms with E-state index in [1.807, 2.05) is 31.2 Å². The van der Waals surface area contributed by atoms with E-state index in [4.69, 9.17) is 10.5 Å². The van der Waals surface area contributed by atoms with Gasteiger partial charge in [0.25, 0.3) is 0 Å². The van der Waals surface area contributed by atoms with Gasteiger partial charge in [-0.05, 0) is 37.4 Å². The quantitative estimate of drug-likeness (QED) is 0.794. The van der Waals surface area contributed by atoms with Crippen molar-refractivity contribution in [3.05, 3.63) is 35.4 Å². The van der Waals surface area contributed by atoms with E-state index in [9.17, 15) is 4.79 Å². The second-order valence-corrected chi connectivity index (χ2v) is 3.69. The fourth-order valence-corrected chi connectivity index (χ4v) is 1.51. The van der Waals surface area contributed by atoms with Crippen LogP contribution in [0.4, 0.5) is 0 Å². The number of carbonyl (C=O) groups is 1. The minimum absolute atomic E-state index is 0. The minimum Gasteiger partial charge on any atom is -0.466 e. The Kier molecular flexibility index (Phi) is 8.46. The normalized spacial score (nSPS) is 9.53. The average Bonchev–Trinajstić information content (AvgIpc) is 2.28. The van der Waals surface area contributed by atoms with E-state index in [0.29, 0.717) is 19.6 Å². The molecule has 0 saturated carbocycles. The second kappa shape index (κ2) is 9.02. The molecule has 0 aliphatic carbocycles. The van der Waals surface area contributed by atoms with Gasteiger partial charge < -0.3 is 10.5 Å². The molecule has 0 spiro atoms. The molecule has 3 nitrogen and oxygen atoms in total. The van der Waals surface area contributed by atoms with Crippen molar-refractivity contribution in [2.45, 2.75) is 26.2 Å². The summed E-state index contributed by atoms with van der Waals surface area (Å²) in [6, 6.07) is 8.04. The molecule has 0 aromatic heterocycles. The van der Waals surface area contributed by atoms with Gasteiger partial charge in [0.2, 0.25) is 0 Å². The van der Waals surface area contributed by atoms with Crippen molar-refractivity contribution in [3.63, 3.8) is 0 Å². The summed E-state index contributed by atoms with van der Waals surface area (Å²) < 4.78 is 4.89. The topological polar surface area (TPSA) is 52.3 Å². The Morgan fingerprint density at radius 1 is 1.24 bits per heavy atom. The maximum atomic E-state index is 11.2. The van der Waals surface area contributed by atoms with E-state index in [2.05, 4.69) is 0 Å². The number of ether oxygens (including phenoxy) is 1. The molecule has 4 heteroatoms. The van der Waals surface area contributed by atoms with Crippen molar-refractivity contribution in [2.24, 2.45) is 5.73 Å². The molecular weight excluding hydrogens is 238 g/mol. The molecular formula is C13H20ClNO2. The summed E-state index contributed by atoms with van der Waals surface area (Å²) in [5.41, 5.74) is 7.70. The van der Waals surface area contributed by atoms with Gasteiger partial charge in [0.05, 0.1) is 13.0 Å². The van der Waals surface area contributed by atoms with E-state index >= 15 is 0 Å². The summed E-state index contributed by atoms with van der Waals surface area (Å²) in [6.45, 7) is 2.96. The highest BCUT2D eigenvalue weighted by atomic mass is 35.5. The molecule has 0 aliphatic rings. The van der Waals surface area contributed by atoms with Crippen molar-refractivity contribution in [3.8, 4) is 0 Å². The molecule has 1 rings (SSSR count). The van der Waals surface area contributed by atoms with Crippen LogP contribution in [0.15, 0.2) is 24.3 Å². The summed E-state index contributed by atoms with van der Waals surface area (Å²) in [4.78, 5) is 11.2. The molecule has 0 unspecified atom stereocenters. The zero-order chi connectivity index (χ0) is 11.8. The van der Waals surface area contributed by atoms with Crippen LogP contribution in [-0.2, 0) is 22.4 Å². The van der Waals surface area contributed by atoms with Crippen molar-refractivity contribution < 1.29 is 9.53 Å². The van der Waals surface area contributed by atoms with Gasteiger partial charge in [0, 0.05) is 0 Å². The van der Waals surface area contributed by atoms with Gasteiger partial charge in [0.1, 0.15) is 0 Å². The first-order valence-electron chi connectivity index (χ1n) is 5.69. The minimum atomic E-state index is -0.169. The third kappa shape index (κ3) is 6.29. The fraction of sp³-hybridized carbons (Fsp3) is 0.462. The lowest BCUT2D eigenvalue weighted by atomic mass is 10.1. The zero-order valence-electron chi connectivity index (χ0n) is 10.1. The van der Waals surface area contributed by atoms with E-state index in [1.54, 1.807) is 0 Å². The third-order valence-corrected chi connectivity index (χ3v) is 2.35.